The van der Waals surface area contributed by atoms with Gasteiger partial charge in [0.1, 0.15) is 5.82 Å². The minimum atomic E-state index is -0.389. The van der Waals surface area contributed by atoms with Crippen LogP contribution in [0.5, 0.6) is 0 Å². The minimum absolute atomic E-state index is 0.248. The van der Waals surface area contributed by atoms with Gasteiger partial charge in [-0.25, -0.2) is 4.39 Å². The van der Waals surface area contributed by atoms with Crippen LogP contribution < -0.4 is 11.3 Å². The molecule has 1 aromatic heterocycles. The van der Waals surface area contributed by atoms with Crippen molar-refractivity contribution in [1.29, 1.82) is 0 Å². The fraction of sp³-hybridized carbons (Fsp3) is 0.154. The molecule has 0 aliphatic rings. The van der Waals surface area contributed by atoms with Crippen LogP contribution in [0.3, 0.4) is 0 Å². The normalized spacial score (nSPS) is 12.4. The molecule has 19 heavy (non-hydrogen) atoms. The van der Waals surface area contributed by atoms with Crippen LogP contribution in [-0.2, 0) is 6.42 Å². The van der Waals surface area contributed by atoms with Gasteiger partial charge in [0.25, 0.3) is 0 Å². The highest BCUT2D eigenvalue weighted by atomic mass is 79.9. The van der Waals surface area contributed by atoms with Crippen LogP contribution in [0.25, 0.3) is 0 Å². The molecule has 0 fully saturated rings. The molecule has 100 valence electrons. The van der Waals surface area contributed by atoms with E-state index in [0.29, 0.717) is 17.0 Å². The van der Waals surface area contributed by atoms with Gasteiger partial charge >= 0.3 is 0 Å². The summed E-state index contributed by atoms with van der Waals surface area (Å²) in [5.74, 6) is 5.14. The monoisotopic (exact) mass is 343 g/mol. The van der Waals surface area contributed by atoms with Crippen LogP contribution in [0.4, 0.5) is 4.39 Å². The van der Waals surface area contributed by atoms with Crippen molar-refractivity contribution in [1.82, 2.24) is 10.4 Å². The van der Waals surface area contributed by atoms with E-state index in [1.54, 1.807) is 6.20 Å². The zero-order valence-electron chi connectivity index (χ0n) is 9.91. The van der Waals surface area contributed by atoms with E-state index in [2.05, 4.69) is 26.3 Å². The SMILES string of the molecule is NNC(Cc1ccc(Br)cc1Cl)c1cncc(F)c1. The summed E-state index contributed by atoms with van der Waals surface area (Å²) < 4.78 is 14.1. The first-order valence-electron chi connectivity index (χ1n) is 5.60. The molecule has 0 bridgehead atoms. The highest BCUT2D eigenvalue weighted by Crippen LogP contribution is 2.26. The van der Waals surface area contributed by atoms with E-state index in [9.17, 15) is 4.39 Å². The molecule has 0 saturated carbocycles. The third kappa shape index (κ3) is 3.73. The Balaban J connectivity index is 2.24. The molecule has 1 heterocycles. The minimum Gasteiger partial charge on any atom is -0.271 e. The summed E-state index contributed by atoms with van der Waals surface area (Å²) in [5, 5.41) is 0.638. The van der Waals surface area contributed by atoms with Crippen molar-refractivity contribution in [2.45, 2.75) is 12.5 Å². The topological polar surface area (TPSA) is 50.9 Å². The number of hydrazine groups is 1. The van der Waals surface area contributed by atoms with Crippen LogP contribution in [-0.4, -0.2) is 4.98 Å². The van der Waals surface area contributed by atoms with Gasteiger partial charge in [-0.15, -0.1) is 0 Å². The summed E-state index contributed by atoms with van der Waals surface area (Å²) in [6.07, 6.45) is 3.29. The summed E-state index contributed by atoms with van der Waals surface area (Å²) >= 11 is 9.51. The number of hydrogen-bond acceptors (Lipinski definition) is 3. The van der Waals surface area contributed by atoms with Crippen LogP contribution >= 0.6 is 27.5 Å². The third-order valence-electron chi connectivity index (χ3n) is 2.77. The molecule has 0 amide bonds. The molecule has 1 unspecified atom stereocenters. The first-order valence-corrected chi connectivity index (χ1v) is 6.77. The zero-order valence-corrected chi connectivity index (χ0v) is 12.2. The molecule has 2 aromatic rings. The maximum absolute atomic E-state index is 13.2. The number of pyridine rings is 1. The van der Waals surface area contributed by atoms with Gasteiger partial charge in [0.2, 0.25) is 0 Å². The lowest BCUT2D eigenvalue weighted by atomic mass is 10.0. The van der Waals surface area contributed by atoms with Gasteiger partial charge in [-0.1, -0.05) is 33.6 Å². The van der Waals surface area contributed by atoms with Gasteiger partial charge in [-0.2, -0.15) is 0 Å². The Bertz CT molecular complexity index is 580. The Labute approximate surface area is 124 Å². The van der Waals surface area contributed by atoms with Crippen LogP contribution in [0.15, 0.2) is 41.1 Å². The summed E-state index contributed by atoms with van der Waals surface area (Å²) in [6, 6.07) is 6.78. The van der Waals surface area contributed by atoms with Crippen molar-refractivity contribution >= 4 is 27.5 Å². The number of hydrogen-bond donors (Lipinski definition) is 2. The van der Waals surface area contributed by atoms with Gasteiger partial charge in [-0.05, 0) is 35.7 Å². The van der Waals surface area contributed by atoms with Crippen LogP contribution in [0, 0.1) is 5.82 Å². The van der Waals surface area contributed by atoms with Gasteiger partial charge < -0.3 is 0 Å². The van der Waals surface area contributed by atoms with Crippen molar-refractivity contribution < 1.29 is 4.39 Å². The zero-order chi connectivity index (χ0) is 13.8. The smallest absolute Gasteiger partial charge is 0.141 e. The van der Waals surface area contributed by atoms with E-state index in [1.165, 1.54) is 6.07 Å². The predicted molar refractivity (Wildman–Crippen MR) is 77.1 cm³/mol. The largest absolute Gasteiger partial charge is 0.271 e. The lowest BCUT2D eigenvalue weighted by molar-refractivity contribution is 0.541. The maximum Gasteiger partial charge on any atom is 0.141 e. The molecule has 0 aliphatic heterocycles. The Morgan fingerprint density at radius 2 is 2.16 bits per heavy atom. The second kappa shape index (κ2) is 6.43. The van der Waals surface area contributed by atoms with Gasteiger partial charge in [-0.3, -0.25) is 16.3 Å². The molecule has 1 atom stereocenters. The molecule has 6 heteroatoms. The number of nitrogens with two attached hydrogens (primary N) is 1. The lowest BCUT2D eigenvalue weighted by Gasteiger charge is -2.17. The number of rotatable bonds is 4. The quantitative estimate of drug-likeness (QED) is 0.660. The summed E-state index contributed by atoms with van der Waals surface area (Å²) in [4.78, 5) is 3.82. The highest BCUT2D eigenvalue weighted by molar-refractivity contribution is 9.10. The standard InChI is InChI=1S/C13H12BrClFN3/c14-10-2-1-8(12(15)5-10)4-13(19-17)9-3-11(16)7-18-6-9/h1-3,5-7,13,19H,4,17H2. The Morgan fingerprint density at radius 3 is 2.79 bits per heavy atom. The Kier molecular flexibility index (Phi) is 4.87. The number of aromatic nitrogens is 1. The molecule has 3 nitrogen and oxygen atoms in total. The highest BCUT2D eigenvalue weighted by Gasteiger charge is 2.13. The third-order valence-corrected chi connectivity index (χ3v) is 3.61. The van der Waals surface area contributed by atoms with Crippen molar-refractivity contribution in [3.8, 4) is 0 Å². The van der Waals surface area contributed by atoms with Crippen molar-refractivity contribution in [3.63, 3.8) is 0 Å². The number of nitrogens with one attached hydrogen (secondary N) is 1. The fourth-order valence-electron chi connectivity index (χ4n) is 1.80. The van der Waals surface area contributed by atoms with E-state index >= 15 is 0 Å². The van der Waals surface area contributed by atoms with Crippen molar-refractivity contribution in [2.24, 2.45) is 5.84 Å². The molecule has 2 rings (SSSR count). The first kappa shape index (κ1) is 14.4. The maximum atomic E-state index is 13.2. The molecular weight excluding hydrogens is 333 g/mol. The predicted octanol–water partition coefficient (Wildman–Crippen LogP) is 3.38. The molecule has 0 saturated heterocycles. The summed E-state index contributed by atoms with van der Waals surface area (Å²) in [5.41, 5.74) is 4.27. The second-order valence-corrected chi connectivity index (χ2v) is 5.42. The summed E-state index contributed by atoms with van der Waals surface area (Å²) in [6.45, 7) is 0. The van der Waals surface area contributed by atoms with Crippen molar-refractivity contribution in [3.05, 3.63) is 63.1 Å². The Hall–Kier alpha value is -1.01. The average Bonchev–Trinajstić information content (AvgIpc) is 2.38. The van der Waals surface area contributed by atoms with E-state index < -0.39 is 0 Å². The van der Waals surface area contributed by atoms with E-state index in [4.69, 9.17) is 17.4 Å². The van der Waals surface area contributed by atoms with E-state index in [0.717, 1.165) is 16.2 Å². The van der Waals surface area contributed by atoms with Gasteiger partial charge in [0.05, 0.1) is 12.2 Å². The molecule has 3 N–H and O–H groups in total. The number of benzene rings is 1. The summed E-state index contributed by atoms with van der Waals surface area (Å²) in [7, 11) is 0. The number of nitrogens with zero attached hydrogens (tertiary/aromatic N) is 1. The van der Waals surface area contributed by atoms with Gasteiger partial charge in [0, 0.05) is 15.7 Å². The van der Waals surface area contributed by atoms with E-state index in [-0.39, 0.29) is 11.9 Å². The molecule has 0 radical (unpaired) electrons. The van der Waals surface area contributed by atoms with Crippen LogP contribution in [0.1, 0.15) is 17.2 Å². The molecular formula is C13H12BrClFN3. The van der Waals surface area contributed by atoms with Crippen molar-refractivity contribution in [2.75, 3.05) is 0 Å². The first-order chi connectivity index (χ1) is 9.10. The molecule has 0 aliphatic carbocycles. The lowest BCUT2D eigenvalue weighted by Crippen LogP contribution is -2.29. The molecule has 0 spiro atoms. The fourth-order valence-corrected chi connectivity index (χ4v) is 2.55. The van der Waals surface area contributed by atoms with Gasteiger partial charge in [0.15, 0.2) is 0 Å². The molecule has 1 aromatic carbocycles. The number of halogens is 3. The second-order valence-electron chi connectivity index (χ2n) is 4.10. The average molecular weight is 345 g/mol. The van der Waals surface area contributed by atoms with E-state index in [1.807, 2.05) is 18.2 Å². The van der Waals surface area contributed by atoms with Crippen LogP contribution in [0.2, 0.25) is 5.02 Å². The Morgan fingerprint density at radius 1 is 1.37 bits per heavy atom.